The third-order valence-electron chi connectivity index (χ3n) is 9.80. The van der Waals surface area contributed by atoms with Crippen molar-refractivity contribution in [3.8, 4) is 0 Å². The number of ether oxygens (including phenoxy) is 2. The number of piperazine rings is 1. The van der Waals surface area contributed by atoms with Gasteiger partial charge in [0.15, 0.2) is 0 Å². The summed E-state index contributed by atoms with van der Waals surface area (Å²) in [5, 5.41) is 9.33. The Morgan fingerprint density at radius 3 is 2.45 bits per heavy atom. The number of halogens is 4. The first kappa shape index (κ1) is 30.8. The lowest BCUT2D eigenvalue weighted by Crippen LogP contribution is -2.61. The van der Waals surface area contributed by atoms with Crippen LogP contribution in [-0.2, 0) is 27.0 Å². The molecule has 1 N–H and O–H groups in total. The summed E-state index contributed by atoms with van der Waals surface area (Å²) < 4.78 is 66.5. The van der Waals surface area contributed by atoms with Crippen molar-refractivity contribution in [2.24, 2.45) is 5.92 Å². The molecular weight excluding hydrogens is 582 g/mol. The standard InChI is InChI=1S/C32H37F4N3O5/c1-19-15-37(11-12-39(19)23-6-8-27(33)26(14-23)29(40)41)24-9-10-31(44-18-24,21-3-4-21)30(42)38-16-20-13-22(32(34,35)36)5-7-25(20)28(17-38)43-2/h5-8,13-14,19,21,24,28H,3-4,9-12,15-18H2,1-2H3,(H,40,41)/t19-,24+,28?,31-/m0/s1. The van der Waals surface area contributed by atoms with Crippen LogP contribution in [0.1, 0.15) is 65.8 Å². The lowest BCUT2D eigenvalue weighted by Gasteiger charge is -2.49. The molecule has 6 rings (SSSR count). The van der Waals surface area contributed by atoms with Crippen LogP contribution in [-0.4, -0.2) is 84.4 Å². The number of hydrogen-bond acceptors (Lipinski definition) is 6. The molecule has 1 aliphatic carbocycles. The Hall–Kier alpha value is -3.22. The second-order valence-corrected chi connectivity index (χ2v) is 12.5. The summed E-state index contributed by atoms with van der Waals surface area (Å²) in [6.07, 6.45) is -1.99. The van der Waals surface area contributed by atoms with Gasteiger partial charge in [0.05, 0.1) is 30.4 Å². The topological polar surface area (TPSA) is 82.6 Å². The van der Waals surface area contributed by atoms with Crippen molar-refractivity contribution < 1.29 is 41.7 Å². The molecule has 8 nitrogen and oxygen atoms in total. The van der Waals surface area contributed by atoms with Crippen molar-refractivity contribution in [3.63, 3.8) is 0 Å². The lowest BCUT2D eigenvalue weighted by molar-refractivity contribution is -0.178. The van der Waals surface area contributed by atoms with Gasteiger partial charge >= 0.3 is 12.1 Å². The number of fused-ring (bicyclic) bond motifs is 1. The highest BCUT2D eigenvalue weighted by Gasteiger charge is 2.56. The number of hydrogen-bond donors (Lipinski definition) is 1. The van der Waals surface area contributed by atoms with E-state index < -0.39 is 35.2 Å². The molecule has 44 heavy (non-hydrogen) atoms. The van der Waals surface area contributed by atoms with Gasteiger partial charge in [-0.3, -0.25) is 9.69 Å². The Balaban J connectivity index is 1.13. The molecule has 4 atom stereocenters. The largest absolute Gasteiger partial charge is 0.478 e. The second-order valence-electron chi connectivity index (χ2n) is 12.5. The zero-order valence-corrected chi connectivity index (χ0v) is 24.8. The van der Waals surface area contributed by atoms with Crippen LogP contribution >= 0.6 is 0 Å². The van der Waals surface area contributed by atoms with E-state index in [1.807, 2.05) is 6.92 Å². The van der Waals surface area contributed by atoms with Gasteiger partial charge < -0.3 is 24.4 Å². The number of alkyl halides is 3. The molecule has 1 amide bonds. The van der Waals surface area contributed by atoms with Gasteiger partial charge in [-0.2, -0.15) is 13.2 Å². The van der Waals surface area contributed by atoms with Crippen molar-refractivity contribution >= 4 is 17.6 Å². The Bertz CT molecular complexity index is 1420. The number of benzene rings is 2. The van der Waals surface area contributed by atoms with E-state index in [9.17, 15) is 32.3 Å². The molecule has 0 radical (unpaired) electrons. The van der Waals surface area contributed by atoms with E-state index in [4.69, 9.17) is 9.47 Å². The summed E-state index contributed by atoms with van der Waals surface area (Å²) in [6.45, 7) is 4.75. The van der Waals surface area contributed by atoms with Crippen LogP contribution in [0.25, 0.3) is 0 Å². The van der Waals surface area contributed by atoms with Crippen LogP contribution in [0.4, 0.5) is 23.2 Å². The van der Waals surface area contributed by atoms with Crippen LogP contribution in [0.5, 0.6) is 0 Å². The van der Waals surface area contributed by atoms with Gasteiger partial charge in [-0.05, 0) is 80.0 Å². The van der Waals surface area contributed by atoms with Gasteiger partial charge in [0.25, 0.3) is 5.91 Å². The first-order valence-electron chi connectivity index (χ1n) is 15.1. The van der Waals surface area contributed by atoms with Crippen LogP contribution in [0, 0.1) is 11.7 Å². The fourth-order valence-electron chi connectivity index (χ4n) is 7.27. The van der Waals surface area contributed by atoms with Crippen molar-refractivity contribution in [3.05, 3.63) is 64.5 Å². The van der Waals surface area contributed by atoms with Gasteiger partial charge in [-0.25, -0.2) is 9.18 Å². The van der Waals surface area contributed by atoms with Gasteiger partial charge in [-0.1, -0.05) is 6.07 Å². The molecule has 12 heteroatoms. The lowest BCUT2D eigenvalue weighted by atomic mass is 9.84. The maximum absolute atomic E-state index is 14.2. The van der Waals surface area contributed by atoms with Gasteiger partial charge in [-0.15, -0.1) is 0 Å². The van der Waals surface area contributed by atoms with E-state index >= 15 is 0 Å². The number of carbonyl (C=O) groups excluding carboxylic acids is 1. The SMILES string of the molecule is COC1CN(C(=O)[C@@]2(C3CC3)CC[C@@H](N3CCN(c4ccc(F)c(C(=O)O)c4)[C@@H](C)C3)CO2)Cc2cc(C(F)(F)F)ccc21. The summed E-state index contributed by atoms with van der Waals surface area (Å²) in [6, 6.07) is 7.92. The fraction of sp³-hybridized carbons (Fsp3) is 0.562. The highest BCUT2D eigenvalue weighted by atomic mass is 19.4. The molecule has 3 heterocycles. The van der Waals surface area contributed by atoms with E-state index in [0.29, 0.717) is 49.5 Å². The van der Waals surface area contributed by atoms with E-state index in [1.165, 1.54) is 25.3 Å². The molecule has 3 aliphatic heterocycles. The number of rotatable bonds is 6. The number of aromatic carboxylic acids is 1. The molecule has 1 unspecified atom stereocenters. The molecule has 0 spiro atoms. The highest BCUT2D eigenvalue weighted by molar-refractivity contribution is 5.89. The number of nitrogens with zero attached hydrogens (tertiary/aromatic N) is 3. The summed E-state index contributed by atoms with van der Waals surface area (Å²) in [7, 11) is 1.50. The molecule has 238 valence electrons. The quantitative estimate of drug-likeness (QED) is 0.450. The predicted molar refractivity (Wildman–Crippen MR) is 153 cm³/mol. The van der Waals surface area contributed by atoms with E-state index in [1.54, 1.807) is 11.0 Å². The maximum atomic E-state index is 14.2. The zero-order chi connectivity index (χ0) is 31.4. The third-order valence-corrected chi connectivity index (χ3v) is 9.80. The first-order chi connectivity index (χ1) is 20.9. The molecular formula is C32H37F4N3O5. The Kier molecular flexibility index (Phi) is 8.13. The van der Waals surface area contributed by atoms with Crippen LogP contribution < -0.4 is 4.90 Å². The summed E-state index contributed by atoms with van der Waals surface area (Å²) in [4.78, 5) is 31.6. The summed E-state index contributed by atoms with van der Waals surface area (Å²) in [5.41, 5.74) is -0.326. The number of methoxy groups -OCH3 is 1. The molecule has 0 aromatic heterocycles. The smallest absolute Gasteiger partial charge is 0.416 e. The van der Waals surface area contributed by atoms with Crippen molar-refractivity contribution in [1.82, 2.24) is 9.80 Å². The van der Waals surface area contributed by atoms with E-state index in [2.05, 4.69) is 9.80 Å². The van der Waals surface area contributed by atoms with Gasteiger partial charge in [0, 0.05) is 51.1 Å². The maximum Gasteiger partial charge on any atom is 0.416 e. The van der Waals surface area contributed by atoms with E-state index in [-0.39, 0.29) is 42.6 Å². The second kappa shape index (κ2) is 11.6. The van der Waals surface area contributed by atoms with Crippen LogP contribution in [0.15, 0.2) is 36.4 Å². The predicted octanol–water partition coefficient (Wildman–Crippen LogP) is 5.11. The number of carboxylic acid groups (broad SMARTS) is 1. The normalized spacial score (nSPS) is 28.1. The molecule has 2 aromatic carbocycles. The van der Waals surface area contributed by atoms with Crippen molar-refractivity contribution in [2.45, 2.75) is 69.1 Å². The average molecular weight is 620 g/mol. The molecule has 0 bridgehead atoms. The van der Waals surface area contributed by atoms with Crippen LogP contribution in [0.2, 0.25) is 0 Å². The molecule has 4 aliphatic rings. The number of carboxylic acids is 1. The minimum atomic E-state index is -4.48. The number of amides is 1. The van der Waals surface area contributed by atoms with E-state index in [0.717, 1.165) is 31.4 Å². The number of carbonyl (C=O) groups is 2. The Morgan fingerprint density at radius 1 is 1.07 bits per heavy atom. The molecule has 2 saturated heterocycles. The Labute approximate surface area is 253 Å². The van der Waals surface area contributed by atoms with Gasteiger partial charge in [0.1, 0.15) is 11.4 Å². The Morgan fingerprint density at radius 2 is 1.84 bits per heavy atom. The number of anilines is 1. The summed E-state index contributed by atoms with van der Waals surface area (Å²) in [5.74, 6) is -2.16. The first-order valence-corrected chi connectivity index (χ1v) is 15.1. The monoisotopic (exact) mass is 619 g/mol. The molecule has 3 fully saturated rings. The van der Waals surface area contributed by atoms with Crippen molar-refractivity contribution in [1.29, 1.82) is 0 Å². The highest BCUT2D eigenvalue weighted by Crippen LogP contribution is 2.49. The van der Waals surface area contributed by atoms with Crippen LogP contribution in [0.3, 0.4) is 0 Å². The van der Waals surface area contributed by atoms with Crippen molar-refractivity contribution in [2.75, 3.05) is 44.8 Å². The summed E-state index contributed by atoms with van der Waals surface area (Å²) >= 11 is 0. The third kappa shape index (κ3) is 5.67. The average Bonchev–Trinajstić information content (AvgIpc) is 3.86. The zero-order valence-electron chi connectivity index (χ0n) is 24.8. The molecule has 2 aromatic rings. The molecule has 1 saturated carbocycles. The van der Waals surface area contributed by atoms with Gasteiger partial charge in [0.2, 0.25) is 0 Å². The minimum Gasteiger partial charge on any atom is -0.478 e. The minimum absolute atomic E-state index is 0.0357. The fourth-order valence-corrected chi connectivity index (χ4v) is 7.27.